The Hall–Kier alpha value is -2.19. The van der Waals surface area contributed by atoms with Gasteiger partial charge in [0.25, 0.3) is 0 Å². The summed E-state index contributed by atoms with van der Waals surface area (Å²) in [7, 11) is 0. The lowest BCUT2D eigenvalue weighted by Crippen LogP contribution is -2.53. The zero-order valence-electron chi connectivity index (χ0n) is 26.6. The second kappa shape index (κ2) is 14.6. The summed E-state index contributed by atoms with van der Waals surface area (Å²) in [6.07, 6.45) is 8.23. The normalized spacial score (nSPS) is 29.1. The summed E-state index contributed by atoms with van der Waals surface area (Å²) in [4.78, 5) is 37.5. The number of rotatable bonds is 12. The first-order valence-corrected chi connectivity index (χ1v) is 15.5. The standard InChI is InChI=1S/C31H58N4O5/c1-9-11-13-39-26(37)34-23-15-28(3,4)19-30(7,17-23)21-32-25(36)33-22-31(8)18-24(16-29(5,6)20-31)35-27(38)40-14-12-10-2/h23-24H,9-22H2,1-8H3,(H,34,37)(H,35,38)(H2,32,33,36). The number of alkyl carbamates (subject to hydrolysis) is 2. The van der Waals surface area contributed by atoms with Crippen LogP contribution < -0.4 is 21.3 Å². The largest absolute Gasteiger partial charge is 0.450 e. The first-order valence-electron chi connectivity index (χ1n) is 15.5. The third-order valence-corrected chi connectivity index (χ3v) is 8.34. The van der Waals surface area contributed by atoms with Crippen LogP contribution >= 0.6 is 0 Å². The summed E-state index contributed by atoms with van der Waals surface area (Å²) in [5, 5.41) is 12.3. The molecule has 0 spiro atoms. The number of carbonyl (C=O) groups excluding carboxylic acids is 3. The van der Waals surface area contributed by atoms with Gasteiger partial charge in [0.15, 0.2) is 0 Å². The van der Waals surface area contributed by atoms with E-state index < -0.39 is 0 Å². The van der Waals surface area contributed by atoms with E-state index in [0.717, 1.165) is 64.2 Å². The molecule has 2 aliphatic rings. The quantitative estimate of drug-likeness (QED) is 0.201. The maximum absolute atomic E-state index is 12.9. The van der Waals surface area contributed by atoms with Crippen molar-refractivity contribution in [3.8, 4) is 0 Å². The predicted octanol–water partition coefficient (Wildman–Crippen LogP) is 6.51. The Morgan fingerprint density at radius 3 is 1.38 bits per heavy atom. The molecule has 9 nitrogen and oxygen atoms in total. The molecule has 0 aromatic rings. The Morgan fingerprint density at radius 2 is 1.02 bits per heavy atom. The van der Waals surface area contributed by atoms with Gasteiger partial charge in [-0.05, 0) is 73.0 Å². The van der Waals surface area contributed by atoms with E-state index in [1.165, 1.54) is 0 Å². The average Bonchev–Trinajstić information content (AvgIpc) is 2.79. The van der Waals surface area contributed by atoms with Crippen molar-refractivity contribution in [2.75, 3.05) is 26.3 Å². The summed E-state index contributed by atoms with van der Waals surface area (Å²) < 4.78 is 10.6. The third-order valence-electron chi connectivity index (χ3n) is 8.34. The minimum Gasteiger partial charge on any atom is -0.450 e. The van der Waals surface area contributed by atoms with E-state index in [9.17, 15) is 14.4 Å². The van der Waals surface area contributed by atoms with Crippen molar-refractivity contribution in [1.82, 2.24) is 21.3 Å². The van der Waals surface area contributed by atoms with Gasteiger partial charge in [0.05, 0.1) is 13.2 Å². The third kappa shape index (κ3) is 12.1. The van der Waals surface area contributed by atoms with Crippen LogP contribution in [0.2, 0.25) is 0 Å². The summed E-state index contributed by atoms with van der Waals surface area (Å²) in [5.41, 5.74) is -0.227. The van der Waals surface area contributed by atoms with Gasteiger partial charge in [-0.2, -0.15) is 0 Å². The van der Waals surface area contributed by atoms with Crippen LogP contribution in [-0.4, -0.2) is 56.6 Å². The van der Waals surface area contributed by atoms with E-state index in [-0.39, 0.29) is 52.0 Å². The van der Waals surface area contributed by atoms with E-state index in [1.807, 2.05) is 0 Å². The molecular weight excluding hydrogens is 508 g/mol. The lowest BCUT2D eigenvalue weighted by atomic mass is 9.62. The lowest BCUT2D eigenvalue weighted by Gasteiger charge is -2.47. The van der Waals surface area contributed by atoms with Crippen LogP contribution in [-0.2, 0) is 9.47 Å². The number of ether oxygens (including phenoxy) is 2. The zero-order valence-corrected chi connectivity index (χ0v) is 26.6. The number of carbonyl (C=O) groups is 3. The molecule has 4 N–H and O–H groups in total. The second-order valence-electron chi connectivity index (χ2n) is 14.8. The summed E-state index contributed by atoms with van der Waals surface area (Å²) in [5.74, 6) is 0. The van der Waals surface area contributed by atoms with Gasteiger partial charge in [-0.1, -0.05) is 68.2 Å². The topological polar surface area (TPSA) is 118 Å². The van der Waals surface area contributed by atoms with E-state index in [1.54, 1.807) is 0 Å². The van der Waals surface area contributed by atoms with Crippen LogP contribution in [0, 0.1) is 21.7 Å². The molecule has 0 bridgehead atoms. The number of hydrogen-bond acceptors (Lipinski definition) is 5. The fraction of sp³-hybridized carbons (Fsp3) is 0.903. The summed E-state index contributed by atoms with van der Waals surface area (Å²) >= 11 is 0. The van der Waals surface area contributed by atoms with Crippen molar-refractivity contribution < 1.29 is 23.9 Å². The Labute approximate surface area is 243 Å². The van der Waals surface area contributed by atoms with Gasteiger partial charge in [0.2, 0.25) is 0 Å². The van der Waals surface area contributed by atoms with Gasteiger partial charge < -0.3 is 30.7 Å². The summed E-state index contributed by atoms with van der Waals surface area (Å²) in [6, 6.07) is -0.162. The molecule has 232 valence electrons. The van der Waals surface area contributed by atoms with Gasteiger partial charge >= 0.3 is 18.2 Å². The Bertz CT molecular complexity index is 782. The molecule has 2 rings (SSSR count). The molecule has 2 fully saturated rings. The predicted molar refractivity (Wildman–Crippen MR) is 159 cm³/mol. The number of unbranched alkanes of at least 4 members (excludes halogenated alkanes) is 2. The van der Waals surface area contributed by atoms with Crippen molar-refractivity contribution >= 4 is 18.2 Å². The molecule has 40 heavy (non-hydrogen) atoms. The molecule has 4 amide bonds. The molecule has 0 radical (unpaired) electrons. The first kappa shape index (κ1) is 34.0. The highest BCUT2D eigenvalue weighted by Crippen LogP contribution is 2.47. The molecule has 0 saturated heterocycles. The fourth-order valence-corrected chi connectivity index (χ4v) is 7.43. The maximum Gasteiger partial charge on any atom is 0.407 e. The van der Waals surface area contributed by atoms with Gasteiger partial charge in [0, 0.05) is 25.2 Å². The highest BCUT2D eigenvalue weighted by Gasteiger charge is 2.43. The highest BCUT2D eigenvalue weighted by atomic mass is 16.6. The molecule has 9 heteroatoms. The second-order valence-corrected chi connectivity index (χ2v) is 14.8. The van der Waals surface area contributed by atoms with Gasteiger partial charge in [-0.15, -0.1) is 0 Å². The monoisotopic (exact) mass is 566 g/mol. The van der Waals surface area contributed by atoms with E-state index in [2.05, 4.69) is 76.7 Å². The summed E-state index contributed by atoms with van der Waals surface area (Å²) in [6.45, 7) is 19.3. The molecule has 0 heterocycles. The van der Waals surface area contributed by atoms with Crippen LogP contribution in [0.5, 0.6) is 0 Å². The van der Waals surface area contributed by atoms with Crippen LogP contribution in [0.3, 0.4) is 0 Å². The number of amides is 4. The van der Waals surface area contributed by atoms with Crippen molar-refractivity contribution in [3.05, 3.63) is 0 Å². The van der Waals surface area contributed by atoms with Gasteiger partial charge in [-0.25, -0.2) is 14.4 Å². The molecule has 0 aliphatic heterocycles. The molecule has 4 unspecified atom stereocenters. The van der Waals surface area contributed by atoms with Crippen LogP contribution in [0.4, 0.5) is 14.4 Å². The molecular formula is C31H58N4O5. The smallest absolute Gasteiger partial charge is 0.407 e. The SMILES string of the molecule is CCCCOC(=O)NC1CC(C)(C)CC(C)(CNC(=O)NCC2(C)CC(NC(=O)OCCCC)CC(C)(C)C2)C1. The fourth-order valence-electron chi connectivity index (χ4n) is 7.43. The number of hydrogen-bond donors (Lipinski definition) is 4. The molecule has 4 atom stereocenters. The zero-order chi connectivity index (χ0) is 30.0. The van der Waals surface area contributed by atoms with E-state index in [4.69, 9.17) is 9.47 Å². The van der Waals surface area contributed by atoms with Crippen molar-refractivity contribution in [2.24, 2.45) is 21.7 Å². The van der Waals surface area contributed by atoms with Crippen LogP contribution in [0.15, 0.2) is 0 Å². The van der Waals surface area contributed by atoms with Crippen molar-refractivity contribution in [2.45, 2.75) is 132 Å². The molecule has 0 aromatic carbocycles. The van der Waals surface area contributed by atoms with Crippen LogP contribution in [0.1, 0.15) is 120 Å². The highest BCUT2D eigenvalue weighted by molar-refractivity contribution is 5.74. The Kier molecular flexibility index (Phi) is 12.4. The van der Waals surface area contributed by atoms with Crippen molar-refractivity contribution in [1.29, 1.82) is 0 Å². The van der Waals surface area contributed by atoms with E-state index >= 15 is 0 Å². The molecule has 0 aromatic heterocycles. The van der Waals surface area contributed by atoms with E-state index in [0.29, 0.717) is 26.3 Å². The molecule has 2 saturated carbocycles. The van der Waals surface area contributed by atoms with Gasteiger partial charge in [-0.3, -0.25) is 0 Å². The average molecular weight is 567 g/mol. The van der Waals surface area contributed by atoms with Gasteiger partial charge in [0.1, 0.15) is 0 Å². The maximum atomic E-state index is 12.9. The Morgan fingerprint density at radius 1 is 0.650 bits per heavy atom. The van der Waals surface area contributed by atoms with Crippen LogP contribution in [0.25, 0.3) is 0 Å². The number of nitrogens with one attached hydrogen (secondary N) is 4. The number of urea groups is 1. The first-order chi connectivity index (χ1) is 18.6. The lowest BCUT2D eigenvalue weighted by molar-refractivity contribution is 0.0634. The van der Waals surface area contributed by atoms with Crippen molar-refractivity contribution in [3.63, 3.8) is 0 Å². The molecule has 2 aliphatic carbocycles. The minimum absolute atomic E-state index is 0.00853. The minimum atomic E-state index is -0.352. The Balaban J connectivity index is 1.88.